The number of aromatic carboxylic acids is 1. The van der Waals surface area contributed by atoms with E-state index in [0.29, 0.717) is 10.2 Å². The average molecular weight is 380 g/mol. The Kier molecular flexibility index (Phi) is 4.41. The third-order valence-electron chi connectivity index (χ3n) is 3.66. The fourth-order valence-corrected chi connectivity index (χ4v) is 3.25. The second-order valence-corrected chi connectivity index (χ2v) is 6.52. The molecule has 1 heterocycles. The smallest absolute Gasteiger partial charge is 0.416 e. The van der Waals surface area contributed by atoms with Gasteiger partial charge in [-0.05, 0) is 42.8 Å². The highest BCUT2D eigenvalue weighted by molar-refractivity contribution is 7.22. The van der Waals surface area contributed by atoms with E-state index < -0.39 is 23.6 Å². The Labute approximate surface area is 149 Å². The van der Waals surface area contributed by atoms with Crippen molar-refractivity contribution in [2.75, 3.05) is 5.32 Å². The number of thiazole rings is 1. The molecule has 0 spiro atoms. The van der Waals surface area contributed by atoms with Gasteiger partial charge in [-0.15, -0.1) is 0 Å². The number of carboxylic acids is 1. The first-order valence-corrected chi connectivity index (χ1v) is 8.10. The van der Waals surface area contributed by atoms with Crippen LogP contribution >= 0.6 is 11.3 Å². The predicted octanol–water partition coefficient (Wildman–Crippen LogP) is 4.57. The van der Waals surface area contributed by atoms with E-state index in [1.54, 1.807) is 0 Å². The number of anilines is 1. The van der Waals surface area contributed by atoms with Gasteiger partial charge in [0, 0.05) is 5.56 Å². The molecule has 2 N–H and O–H groups in total. The Morgan fingerprint density at radius 1 is 1.12 bits per heavy atom. The number of benzene rings is 2. The summed E-state index contributed by atoms with van der Waals surface area (Å²) in [5.74, 6) is -1.82. The Hall–Kier alpha value is -2.94. The number of nitrogens with one attached hydrogen (secondary N) is 1. The number of carboxylic acid groups (broad SMARTS) is 1. The van der Waals surface area contributed by atoms with Gasteiger partial charge in [-0.1, -0.05) is 17.4 Å². The summed E-state index contributed by atoms with van der Waals surface area (Å²) in [4.78, 5) is 27.4. The fraction of sp³-hybridized carbons (Fsp3) is 0.118. The highest BCUT2D eigenvalue weighted by atomic mass is 32.1. The van der Waals surface area contributed by atoms with E-state index in [-0.39, 0.29) is 21.8 Å². The zero-order valence-electron chi connectivity index (χ0n) is 13.2. The average Bonchev–Trinajstić information content (AvgIpc) is 2.95. The lowest BCUT2D eigenvalue weighted by Crippen LogP contribution is -2.14. The number of hydrogen-bond acceptors (Lipinski definition) is 4. The van der Waals surface area contributed by atoms with Gasteiger partial charge in [-0.2, -0.15) is 13.2 Å². The lowest BCUT2D eigenvalue weighted by molar-refractivity contribution is -0.138. The highest BCUT2D eigenvalue weighted by Crippen LogP contribution is 2.33. The van der Waals surface area contributed by atoms with Crippen molar-refractivity contribution in [3.8, 4) is 0 Å². The van der Waals surface area contributed by atoms with Gasteiger partial charge in [-0.25, -0.2) is 9.78 Å². The van der Waals surface area contributed by atoms with Gasteiger partial charge in [0.1, 0.15) is 0 Å². The number of carbonyl (C=O) groups is 2. The summed E-state index contributed by atoms with van der Waals surface area (Å²) in [6.07, 6.45) is -4.55. The summed E-state index contributed by atoms with van der Waals surface area (Å²) >= 11 is 1.04. The summed E-state index contributed by atoms with van der Waals surface area (Å²) in [6.45, 7) is 1.32. The Morgan fingerprint density at radius 3 is 2.46 bits per heavy atom. The molecule has 1 aromatic heterocycles. The minimum atomic E-state index is -4.55. The molecule has 0 radical (unpaired) electrons. The lowest BCUT2D eigenvalue weighted by atomic mass is 10.0. The molecular formula is C17H11F3N2O3S. The van der Waals surface area contributed by atoms with Crippen LogP contribution in [-0.2, 0) is 6.18 Å². The van der Waals surface area contributed by atoms with Crippen LogP contribution in [0.1, 0.15) is 31.8 Å². The standard InChI is InChI=1S/C17H11F3N2O3S/c1-8-2-3-9(6-11(8)17(18,19)20)14(23)22-16-21-12-5-4-10(15(24)25)7-13(12)26-16/h2-7H,1H3,(H,24,25)(H,21,22,23). The number of fused-ring (bicyclic) bond motifs is 1. The maximum absolute atomic E-state index is 13.0. The van der Waals surface area contributed by atoms with Crippen molar-refractivity contribution >= 4 is 38.6 Å². The molecule has 3 rings (SSSR count). The van der Waals surface area contributed by atoms with Gasteiger partial charge < -0.3 is 5.11 Å². The molecule has 0 saturated heterocycles. The molecule has 0 fully saturated rings. The van der Waals surface area contributed by atoms with Crippen LogP contribution < -0.4 is 5.32 Å². The molecule has 1 amide bonds. The van der Waals surface area contributed by atoms with E-state index in [9.17, 15) is 22.8 Å². The number of hydrogen-bond donors (Lipinski definition) is 2. The topological polar surface area (TPSA) is 79.3 Å². The zero-order chi connectivity index (χ0) is 19.1. The van der Waals surface area contributed by atoms with Crippen molar-refractivity contribution in [1.29, 1.82) is 0 Å². The molecule has 3 aromatic rings. The van der Waals surface area contributed by atoms with E-state index in [1.165, 1.54) is 37.3 Å². The van der Waals surface area contributed by atoms with Crippen LogP contribution in [0.15, 0.2) is 36.4 Å². The minimum absolute atomic E-state index is 0.0234. The molecule has 0 aliphatic rings. The second-order valence-electron chi connectivity index (χ2n) is 5.49. The Bertz CT molecular complexity index is 1030. The first-order chi connectivity index (χ1) is 12.1. The van der Waals surface area contributed by atoms with E-state index in [4.69, 9.17) is 5.11 Å². The number of carbonyl (C=O) groups excluding carboxylic acids is 1. The SMILES string of the molecule is Cc1ccc(C(=O)Nc2nc3ccc(C(=O)O)cc3s2)cc1C(F)(F)F. The van der Waals surface area contributed by atoms with E-state index in [1.807, 2.05) is 0 Å². The molecule has 9 heteroatoms. The summed E-state index contributed by atoms with van der Waals surface area (Å²) in [5.41, 5.74) is -0.438. The van der Waals surface area contributed by atoms with Crippen LogP contribution in [0.25, 0.3) is 10.2 Å². The summed E-state index contributed by atoms with van der Waals surface area (Å²) < 4.78 is 39.5. The van der Waals surface area contributed by atoms with E-state index in [2.05, 4.69) is 10.3 Å². The summed E-state index contributed by atoms with van der Waals surface area (Å²) in [5, 5.41) is 11.6. The predicted molar refractivity (Wildman–Crippen MR) is 90.7 cm³/mol. The molecule has 26 heavy (non-hydrogen) atoms. The van der Waals surface area contributed by atoms with Crippen molar-refractivity contribution in [2.45, 2.75) is 13.1 Å². The monoisotopic (exact) mass is 380 g/mol. The van der Waals surface area contributed by atoms with Gasteiger partial charge in [0.05, 0.1) is 21.3 Å². The maximum Gasteiger partial charge on any atom is 0.416 e. The number of aromatic nitrogens is 1. The number of alkyl halides is 3. The number of aryl methyl sites for hydroxylation is 1. The normalized spacial score (nSPS) is 11.5. The van der Waals surface area contributed by atoms with Crippen LogP contribution in [0.3, 0.4) is 0 Å². The lowest BCUT2D eigenvalue weighted by Gasteiger charge is -2.11. The quantitative estimate of drug-likeness (QED) is 0.697. The first kappa shape index (κ1) is 17.9. The fourth-order valence-electron chi connectivity index (χ4n) is 2.35. The molecular weight excluding hydrogens is 369 g/mol. The Morgan fingerprint density at radius 2 is 1.81 bits per heavy atom. The molecule has 2 aromatic carbocycles. The van der Waals surface area contributed by atoms with Crippen molar-refractivity contribution in [1.82, 2.24) is 4.98 Å². The van der Waals surface area contributed by atoms with Crippen molar-refractivity contribution in [3.05, 3.63) is 58.7 Å². The van der Waals surface area contributed by atoms with Crippen LogP contribution in [-0.4, -0.2) is 22.0 Å². The Balaban J connectivity index is 1.88. The van der Waals surface area contributed by atoms with Crippen LogP contribution in [0, 0.1) is 6.92 Å². The molecule has 0 saturated carbocycles. The van der Waals surface area contributed by atoms with Gasteiger partial charge in [-0.3, -0.25) is 10.1 Å². The van der Waals surface area contributed by atoms with Gasteiger partial charge in [0.25, 0.3) is 5.91 Å². The zero-order valence-corrected chi connectivity index (χ0v) is 14.0. The highest BCUT2D eigenvalue weighted by Gasteiger charge is 2.33. The van der Waals surface area contributed by atoms with Crippen molar-refractivity contribution in [3.63, 3.8) is 0 Å². The van der Waals surface area contributed by atoms with Crippen LogP contribution in [0.4, 0.5) is 18.3 Å². The third kappa shape index (κ3) is 3.52. The number of nitrogens with zero attached hydrogens (tertiary/aromatic N) is 1. The van der Waals surface area contributed by atoms with Crippen molar-refractivity contribution < 1.29 is 27.9 Å². The number of amides is 1. The van der Waals surface area contributed by atoms with E-state index in [0.717, 1.165) is 17.4 Å². The molecule has 134 valence electrons. The molecule has 0 aliphatic carbocycles. The molecule has 0 atom stereocenters. The number of halogens is 3. The maximum atomic E-state index is 13.0. The van der Waals surface area contributed by atoms with Gasteiger partial charge in [0.15, 0.2) is 5.13 Å². The largest absolute Gasteiger partial charge is 0.478 e. The molecule has 0 aliphatic heterocycles. The van der Waals surface area contributed by atoms with E-state index >= 15 is 0 Å². The van der Waals surface area contributed by atoms with Gasteiger partial charge in [0.2, 0.25) is 0 Å². The molecule has 5 nitrogen and oxygen atoms in total. The minimum Gasteiger partial charge on any atom is -0.478 e. The number of rotatable bonds is 3. The summed E-state index contributed by atoms with van der Waals surface area (Å²) in [7, 11) is 0. The first-order valence-electron chi connectivity index (χ1n) is 7.28. The third-order valence-corrected chi connectivity index (χ3v) is 4.59. The summed E-state index contributed by atoms with van der Waals surface area (Å²) in [6, 6.07) is 7.62. The van der Waals surface area contributed by atoms with Crippen LogP contribution in [0.2, 0.25) is 0 Å². The molecule has 0 unspecified atom stereocenters. The van der Waals surface area contributed by atoms with Crippen LogP contribution in [0.5, 0.6) is 0 Å². The molecule has 0 bridgehead atoms. The second kappa shape index (κ2) is 6.41. The van der Waals surface area contributed by atoms with Crippen molar-refractivity contribution in [2.24, 2.45) is 0 Å². The van der Waals surface area contributed by atoms with Gasteiger partial charge >= 0.3 is 12.1 Å².